The molecular weight excluding hydrogens is 272 g/mol. The van der Waals surface area contributed by atoms with Crippen LogP contribution < -0.4 is 10.2 Å². The number of rotatable bonds is 6. The van der Waals surface area contributed by atoms with Crippen molar-refractivity contribution in [3.8, 4) is 0 Å². The average Bonchev–Trinajstić information content (AvgIpc) is 2.21. The number of carboxylic acids is 2. The van der Waals surface area contributed by atoms with Gasteiger partial charge in [-0.3, -0.25) is 0 Å². The SMILES string of the molecule is CCC(CC)C(=O)[O-].CCC(CC)C(=O)[O-].[Cu+2]. The van der Waals surface area contributed by atoms with E-state index in [1.54, 1.807) is 0 Å². The number of hydrogen-bond acceptors (Lipinski definition) is 4. The average molecular weight is 294 g/mol. The number of hydrogen-bond donors (Lipinski definition) is 0. The second kappa shape index (κ2) is 13.5. The maximum Gasteiger partial charge on any atom is 2.00 e. The molecule has 0 aromatic carbocycles. The molecular formula is C12H22CuO4. The van der Waals surface area contributed by atoms with Gasteiger partial charge in [-0.1, -0.05) is 27.7 Å². The van der Waals surface area contributed by atoms with Crippen LogP contribution in [-0.4, -0.2) is 11.9 Å². The third-order valence-electron chi connectivity index (χ3n) is 2.64. The van der Waals surface area contributed by atoms with Crippen LogP contribution in [0.4, 0.5) is 0 Å². The maximum atomic E-state index is 10.1. The maximum absolute atomic E-state index is 10.1. The molecule has 5 heteroatoms. The summed E-state index contributed by atoms with van der Waals surface area (Å²) in [6.07, 6.45) is 2.72. The molecule has 0 unspecified atom stereocenters. The molecule has 0 atom stereocenters. The third kappa shape index (κ3) is 11.7. The first-order valence-electron chi connectivity index (χ1n) is 5.86. The molecule has 4 nitrogen and oxygen atoms in total. The van der Waals surface area contributed by atoms with Crippen molar-refractivity contribution in [2.24, 2.45) is 11.8 Å². The normalized spacial score (nSPS) is 9.29. The summed E-state index contributed by atoms with van der Waals surface area (Å²) in [5, 5.41) is 20.1. The van der Waals surface area contributed by atoms with Gasteiger partial charge in [0.25, 0.3) is 0 Å². The number of aliphatic carboxylic acids is 2. The van der Waals surface area contributed by atoms with Gasteiger partial charge < -0.3 is 19.8 Å². The second-order valence-electron chi connectivity index (χ2n) is 3.66. The zero-order valence-electron chi connectivity index (χ0n) is 10.9. The standard InChI is InChI=1S/2C6H12O2.Cu/c2*1-3-5(4-2)6(7)8;/h2*5H,3-4H2,1-2H3,(H,7,8);/q;;+2/p-2. The smallest absolute Gasteiger partial charge is 0.550 e. The van der Waals surface area contributed by atoms with Gasteiger partial charge in [0.2, 0.25) is 0 Å². The third-order valence-corrected chi connectivity index (χ3v) is 2.64. The van der Waals surface area contributed by atoms with Gasteiger partial charge in [0, 0.05) is 11.9 Å². The zero-order chi connectivity index (χ0) is 13.1. The summed E-state index contributed by atoms with van der Waals surface area (Å²) in [6.45, 7) is 7.40. The van der Waals surface area contributed by atoms with E-state index >= 15 is 0 Å². The molecule has 1 radical (unpaired) electrons. The molecule has 0 amide bonds. The molecule has 0 spiro atoms. The van der Waals surface area contributed by atoms with Crippen molar-refractivity contribution in [2.45, 2.75) is 53.4 Å². The molecule has 0 aliphatic rings. The minimum absolute atomic E-state index is 0. The van der Waals surface area contributed by atoms with Crippen LogP contribution in [0.5, 0.6) is 0 Å². The van der Waals surface area contributed by atoms with Crippen LogP contribution in [0.2, 0.25) is 0 Å². The van der Waals surface area contributed by atoms with Gasteiger partial charge in [0.1, 0.15) is 0 Å². The van der Waals surface area contributed by atoms with Gasteiger partial charge in [-0.2, -0.15) is 0 Å². The summed E-state index contributed by atoms with van der Waals surface area (Å²) < 4.78 is 0. The predicted octanol–water partition coefficient (Wildman–Crippen LogP) is 0.343. The van der Waals surface area contributed by atoms with E-state index in [0.29, 0.717) is 25.7 Å². The fraction of sp³-hybridized carbons (Fsp3) is 0.833. The summed E-state index contributed by atoms with van der Waals surface area (Å²) in [6, 6.07) is 0. The van der Waals surface area contributed by atoms with E-state index in [9.17, 15) is 19.8 Å². The van der Waals surface area contributed by atoms with E-state index < -0.39 is 11.9 Å². The largest absolute Gasteiger partial charge is 2.00 e. The topological polar surface area (TPSA) is 80.3 Å². The predicted molar refractivity (Wildman–Crippen MR) is 58.2 cm³/mol. The van der Waals surface area contributed by atoms with Crippen LogP contribution in [0.1, 0.15) is 53.4 Å². The molecule has 0 aliphatic heterocycles. The molecule has 0 N–H and O–H groups in total. The Hall–Kier alpha value is -0.541. The number of carboxylic acid groups (broad SMARTS) is 2. The number of carbonyl (C=O) groups is 2. The van der Waals surface area contributed by atoms with Gasteiger partial charge in [-0.25, -0.2) is 0 Å². The van der Waals surface area contributed by atoms with Gasteiger partial charge in [-0.15, -0.1) is 0 Å². The van der Waals surface area contributed by atoms with Crippen LogP contribution in [0, 0.1) is 11.8 Å². The van der Waals surface area contributed by atoms with Crippen molar-refractivity contribution in [3.63, 3.8) is 0 Å². The monoisotopic (exact) mass is 293 g/mol. The first-order valence-corrected chi connectivity index (χ1v) is 5.86. The van der Waals surface area contributed by atoms with Crippen LogP contribution in [-0.2, 0) is 26.7 Å². The van der Waals surface area contributed by atoms with Crippen LogP contribution in [0.3, 0.4) is 0 Å². The summed E-state index contributed by atoms with van der Waals surface area (Å²) in [7, 11) is 0. The van der Waals surface area contributed by atoms with E-state index in [1.807, 2.05) is 27.7 Å². The van der Waals surface area contributed by atoms with Crippen LogP contribution >= 0.6 is 0 Å². The number of carbonyl (C=O) groups excluding carboxylic acids is 2. The first kappa shape index (κ1) is 21.7. The molecule has 0 aliphatic carbocycles. The molecule has 0 heterocycles. The Bertz CT molecular complexity index is 177. The van der Waals surface area contributed by atoms with E-state index in [4.69, 9.17) is 0 Å². The van der Waals surface area contributed by atoms with Crippen molar-refractivity contribution in [3.05, 3.63) is 0 Å². The van der Waals surface area contributed by atoms with Crippen molar-refractivity contribution >= 4 is 11.9 Å². The summed E-state index contributed by atoms with van der Waals surface area (Å²) >= 11 is 0. The minimum atomic E-state index is -0.921. The molecule has 17 heavy (non-hydrogen) atoms. The first-order chi connectivity index (χ1) is 7.44. The molecule has 0 saturated heterocycles. The molecule has 0 bridgehead atoms. The quantitative estimate of drug-likeness (QED) is 0.662. The van der Waals surface area contributed by atoms with Crippen molar-refractivity contribution in [1.29, 1.82) is 0 Å². The van der Waals surface area contributed by atoms with Gasteiger partial charge in [-0.05, 0) is 37.5 Å². The van der Waals surface area contributed by atoms with Crippen LogP contribution in [0.15, 0.2) is 0 Å². The van der Waals surface area contributed by atoms with Gasteiger partial charge in [0.15, 0.2) is 0 Å². The molecule has 0 aromatic rings. The second-order valence-corrected chi connectivity index (χ2v) is 3.66. The van der Waals surface area contributed by atoms with E-state index in [2.05, 4.69) is 0 Å². The molecule has 0 saturated carbocycles. The van der Waals surface area contributed by atoms with E-state index in [1.165, 1.54) is 0 Å². The van der Waals surface area contributed by atoms with Gasteiger partial charge >= 0.3 is 17.1 Å². The Morgan fingerprint density at radius 3 is 0.941 bits per heavy atom. The summed E-state index contributed by atoms with van der Waals surface area (Å²) in [5.41, 5.74) is 0. The molecule has 105 valence electrons. The van der Waals surface area contributed by atoms with Crippen LogP contribution in [0.25, 0.3) is 0 Å². The zero-order valence-corrected chi connectivity index (χ0v) is 11.9. The fourth-order valence-electron chi connectivity index (χ4n) is 1.24. The fourth-order valence-corrected chi connectivity index (χ4v) is 1.24. The Balaban J connectivity index is -0.000000218. The van der Waals surface area contributed by atoms with E-state index in [0.717, 1.165) is 0 Å². The Kier molecular flexibility index (Phi) is 17.3. The van der Waals surface area contributed by atoms with Crippen molar-refractivity contribution in [2.75, 3.05) is 0 Å². The molecule has 0 rings (SSSR count). The Labute approximate surface area is 114 Å². The van der Waals surface area contributed by atoms with E-state index in [-0.39, 0.29) is 28.9 Å². The molecule has 0 fully saturated rings. The Morgan fingerprint density at radius 2 is 0.941 bits per heavy atom. The Morgan fingerprint density at radius 1 is 0.765 bits per heavy atom. The van der Waals surface area contributed by atoms with Crippen molar-refractivity contribution in [1.82, 2.24) is 0 Å². The summed E-state index contributed by atoms with van der Waals surface area (Å²) in [5.74, 6) is -2.32. The molecule has 0 aromatic heterocycles. The van der Waals surface area contributed by atoms with Gasteiger partial charge in [0.05, 0.1) is 0 Å². The van der Waals surface area contributed by atoms with Crippen molar-refractivity contribution < 1.29 is 36.9 Å². The summed E-state index contributed by atoms with van der Waals surface area (Å²) in [4.78, 5) is 20.1. The minimum Gasteiger partial charge on any atom is -0.550 e.